The van der Waals surface area contributed by atoms with Crippen molar-refractivity contribution in [3.05, 3.63) is 82.6 Å². The van der Waals surface area contributed by atoms with E-state index < -0.39 is 23.8 Å². The van der Waals surface area contributed by atoms with Crippen LogP contribution in [0.25, 0.3) is 0 Å². The lowest BCUT2D eigenvalue weighted by atomic mass is 9.95. The highest BCUT2D eigenvalue weighted by molar-refractivity contribution is 5.96. The number of rotatable bonds is 4. The molecule has 0 amide bonds. The lowest BCUT2D eigenvalue weighted by Gasteiger charge is -2.35. The number of hydrogen-bond donors (Lipinski definition) is 1. The van der Waals surface area contributed by atoms with Gasteiger partial charge in [0, 0.05) is 12.7 Å². The molecule has 1 aliphatic heterocycles. The molecule has 1 atom stereocenters. The van der Waals surface area contributed by atoms with Crippen LogP contribution in [0, 0.1) is 0 Å². The van der Waals surface area contributed by atoms with E-state index in [2.05, 4.69) is 10.3 Å². The fourth-order valence-electron chi connectivity index (χ4n) is 3.23. The second kappa shape index (κ2) is 8.61. The van der Waals surface area contributed by atoms with E-state index in [4.69, 9.17) is 4.74 Å². The number of hydrogen-bond acceptors (Lipinski definition) is 3. The van der Waals surface area contributed by atoms with Crippen molar-refractivity contribution in [3.63, 3.8) is 0 Å². The van der Waals surface area contributed by atoms with Gasteiger partial charge in [-0.1, -0.05) is 42.5 Å². The molecule has 0 aromatic heterocycles. The fourth-order valence-corrected chi connectivity index (χ4v) is 3.23. The van der Waals surface area contributed by atoms with Crippen molar-refractivity contribution in [2.75, 3.05) is 14.2 Å². The summed E-state index contributed by atoms with van der Waals surface area (Å²) in [5, 5.41) is 3.26. The number of allylic oxidation sites excluding steroid dienone is 1. The van der Waals surface area contributed by atoms with Gasteiger partial charge in [0.2, 0.25) is 0 Å². The molecule has 8 heteroatoms. The molecule has 5 nitrogen and oxygen atoms in total. The molecule has 0 saturated carbocycles. The first-order chi connectivity index (χ1) is 14.2. The lowest BCUT2D eigenvalue weighted by molar-refractivity contribution is -0.138. The maximum atomic E-state index is 12.7. The summed E-state index contributed by atoms with van der Waals surface area (Å²) in [6.45, 7) is 1.99. The Hall–Kier alpha value is -3.29. The minimum Gasteiger partial charge on any atom is -0.466 e. The van der Waals surface area contributed by atoms with Gasteiger partial charge in [-0.15, -0.1) is 0 Å². The van der Waals surface area contributed by atoms with Crippen molar-refractivity contribution in [2.24, 2.45) is 4.99 Å². The lowest BCUT2D eigenvalue weighted by Crippen LogP contribution is -2.47. The largest absolute Gasteiger partial charge is 0.466 e. The molecule has 158 valence electrons. The number of ether oxygens (including phenoxy) is 1. The Kier molecular flexibility index (Phi) is 6.14. The number of methoxy groups -OCH3 is 1. The van der Waals surface area contributed by atoms with Gasteiger partial charge in [0.1, 0.15) is 0 Å². The highest BCUT2D eigenvalue weighted by Crippen LogP contribution is 2.31. The summed E-state index contributed by atoms with van der Waals surface area (Å²) in [5.74, 6) is 0.0661. The summed E-state index contributed by atoms with van der Waals surface area (Å²) in [7, 11) is 3.09. The van der Waals surface area contributed by atoms with E-state index in [1.165, 1.54) is 19.2 Å². The van der Waals surface area contributed by atoms with Crippen LogP contribution in [0.2, 0.25) is 0 Å². The second-order valence-electron chi connectivity index (χ2n) is 6.87. The highest BCUT2D eigenvalue weighted by atomic mass is 19.4. The Morgan fingerprint density at radius 2 is 1.77 bits per heavy atom. The molecule has 1 N–H and O–H groups in total. The van der Waals surface area contributed by atoms with Gasteiger partial charge in [-0.2, -0.15) is 13.2 Å². The average molecular weight is 417 g/mol. The molecule has 2 aromatic rings. The number of alkyl halides is 3. The molecule has 0 aliphatic carbocycles. The number of nitrogens with zero attached hydrogens (tertiary/aromatic N) is 2. The standard InChI is InChI=1S/C22H22F3N3O2/c1-14-18(20(29)30-3)19(16-7-5-4-6-8-16)27-21(28(14)2)26-13-15-9-11-17(12-10-15)22(23,24)25/h4-12,19H,13H2,1-3H3,(H,26,27). The topological polar surface area (TPSA) is 53.9 Å². The third-order valence-electron chi connectivity index (χ3n) is 5.00. The zero-order chi connectivity index (χ0) is 21.9. The fraction of sp³-hybridized carbons (Fsp3) is 0.273. The van der Waals surface area contributed by atoms with Gasteiger partial charge in [0.15, 0.2) is 5.96 Å². The zero-order valence-corrected chi connectivity index (χ0v) is 16.8. The maximum absolute atomic E-state index is 12.7. The Morgan fingerprint density at radius 1 is 1.13 bits per heavy atom. The summed E-state index contributed by atoms with van der Waals surface area (Å²) in [6, 6.07) is 13.9. The monoisotopic (exact) mass is 417 g/mol. The number of benzene rings is 2. The van der Waals surface area contributed by atoms with Crippen LogP contribution in [-0.4, -0.2) is 31.0 Å². The van der Waals surface area contributed by atoms with Crippen LogP contribution in [-0.2, 0) is 22.3 Å². The van der Waals surface area contributed by atoms with E-state index in [0.717, 1.165) is 17.7 Å². The molecule has 0 fully saturated rings. The van der Waals surface area contributed by atoms with Gasteiger partial charge < -0.3 is 15.0 Å². The third kappa shape index (κ3) is 4.48. The van der Waals surface area contributed by atoms with E-state index in [-0.39, 0.29) is 6.54 Å². The van der Waals surface area contributed by atoms with Crippen LogP contribution in [0.15, 0.2) is 70.9 Å². The Balaban J connectivity index is 1.90. The number of guanidine groups is 1. The van der Waals surface area contributed by atoms with Crippen LogP contribution in [0.3, 0.4) is 0 Å². The molecule has 0 spiro atoms. The molecule has 1 unspecified atom stereocenters. The number of aliphatic imine (C=N–C) groups is 1. The van der Waals surface area contributed by atoms with Crippen molar-refractivity contribution < 1.29 is 22.7 Å². The molecule has 3 rings (SSSR count). The van der Waals surface area contributed by atoms with Gasteiger partial charge in [-0.3, -0.25) is 0 Å². The molecule has 0 bridgehead atoms. The van der Waals surface area contributed by atoms with Gasteiger partial charge in [0.25, 0.3) is 0 Å². The number of carbonyl (C=O) groups is 1. The Bertz CT molecular complexity index is 967. The van der Waals surface area contributed by atoms with Crippen molar-refractivity contribution in [1.82, 2.24) is 10.2 Å². The molecular formula is C22H22F3N3O2. The second-order valence-corrected chi connectivity index (χ2v) is 6.87. The first-order valence-electron chi connectivity index (χ1n) is 9.27. The molecule has 0 radical (unpaired) electrons. The van der Waals surface area contributed by atoms with E-state index in [0.29, 0.717) is 22.8 Å². The van der Waals surface area contributed by atoms with Crippen LogP contribution >= 0.6 is 0 Å². The van der Waals surface area contributed by atoms with Crippen molar-refractivity contribution >= 4 is 11.9 Å². The summed E-state index contributed by atoms with van der Waals surface area (Å²) in [6.07, 6.45) is -4.37. The Morgan fingerprint density at radius 3 is 2.33 bits per heavy atom. The summed E-state index contributed by atoms with van der Waals surface area (Å²) < 4.78 is 43.2. The first kappa shape index (κ1) is 21.4. The van der Waals surface area contributed by atoms with Crippen LogP contribution in [0.1, 0.15) is 29.7 Å². The SMILES string of the molecule is COC(=O)C1=C(C)N(C)C(=NCc2ccc(C(F)(F)F)cc2)NC1c1ccccc1. The average Bonchev–Trinajstić information content (AvgIpc) is 2.74. The molecule has 2 aromatic carbocycles. The number of halogens is 3. The maximum Gasteiger partial charge on any atom is 0.416 e. The van der Waals surface area contributed by atoms with Crippen LogP contribution in [0.5, 0.6) is 0 Å². The van der Waals surface area contributed by atoms with Crippen LogP contribution in [0.4, 0.5) is 13.2 Å². The first-order valence-corrected chi connectivity index (χ1v) is 9.27. The number of esters is 1. The van der Waals surface area contributed by atoms with E-state index in [1.807, 2.05) is 30.3 Å². The predicted octanol–water partition coefficient (Wildman–Crippen LogP) is 4.28. The number of carbonyl (C=O) groups excluding carboxylic acids is 1. The van der Waals surface area contributed by atoms with Crippen LogP contribution < -0.4 is 5.32 Å². The van der Waals surface area contributed by atoms with E-state index in [1.54, 1.807) is 18.9 Å². The van der Waals surface area contributed by atoms with Crippen molar-refractivity contribution in [3.8, 4) is 0 Å². The summed E-state index contributed by atoms with van der Waals surface area (Å²) in [4.78, 5) is 18.7. The summed E-state index contributed by atoms with van der Waals surface area (Å²) >= 11 is 0. The van der Waals surface area contributed by atoms with Crippen molar-refractivity contribution in [2.45, 2.75) is 25.7 Å². The minimum absolute atomic E-state index is 0.188. The van der Waals surface area contributed by atoms with E-state index in [9.17, 15) is 18.0 Å². The van der Waals surface area contributed by atoms with Crippen molar-refractivity contribution in [1.29, 1.82) is 0 Å². The van der Waals surface area contributed by atoms with Gasteiger partial charge in [-0.05, 0) is 30.2 Å². The smallest absolute Gasteiger partial charge is 0.416 e. The van der Waals surface area contributed by atoms with E-state index >= 15 is 0 Å². The van der Waals surface area contributed by atoms with Gasteiger partial charge in [0.05, 0.1) is 30.8 Å². The zero-order valence-electron chi connectivity index (χ0n) is 16.8. The minimum atomic E-state index is -4.37. The highest BCUT2D eigenvalue weighted by Gasteiger charge is 2.34. The Labute approximate surface area is 172 Å². The number of nitrogens with one attached hydrogen (secondary N) is 1. The van der Waals surface area contributed by atoms with Gasteiger partial charge in [-0.25, -0.2) is 9.79 Å². The molecule has 0 saturated heterocycles. The molecule has 30 heavy (non-hydrogen) atoms. The molecular weight excluding hydrogens is 395 g/mol. The third-order valence-corrected chi connectivity index (χ3v) is 5.00. The predicted molar refractivity (Wildman–Crippen MR) is 107 cm³/mol. The molecule has 1 heterocycles. The normalized spacial score (nSPS) is 18.4. The summed E-state index contributed by atoms with van der Waals surface area (Å²) in [5.41, 5.74) is 1.97. The molecule has 1 aliphatic rings. The van der Waals surface area contributed by atoms with Gasteiger partial charge >= 0.3 is 12.1 Å². The quantitative estimate of drug-likeness (QED) is 0.755.